The fraction of sp³-hybridized carbons (Fsp3) is 0.444. The van der Waals surface area contributed by atoms with E-state index in [0.717, 1.165) is 0 Å². The van der Waals surface area contributed by atoms with Gasteiger partial charge in [0.05, 0.1) is 0 Å². The number of hydrogen-bond donors (Lipinski definition) is 2. The largest absolute Gasteiger partial charge is 0.397 e. The minimum atomic E-state index is 0.250. The van der Waals surface area contributed by atoms with E-state index in [-0.39, 0.29) is 13.2 Å². The van der Waals surface area contributed by atoms with E-state index in [0.29, 0.717) is 0 Å². The summed E-state index contributed by atoms with van der Waals surface area (Å²) in [5, 5.41) is 17.8. The number of benzene rings is 2. The number of aliphatic hydroxyl groups excluding tert-OH is 2. The summed E-state index contributed by atoms with van der Waals surface area (Å²) < 4.78 is 0. The van der Waals surface area contributed by atoms with E-state index in [9.17, 15) is 0 Å². The van der Waals surface area contributed by atoms with Gasteiger partial charge in [-0.3, -0.25) is 0 Å². The van der Waals surface area contributed by atoms with Crippen molar-refractivity contribution in [3.63, 3.8) is 0 Å². The van der Waals surface area contributed by atoms with Gasteiger partial charge in [0.25, 0.3) is 0 Å². The van der Waals surface area contributed by atoms with Crippen molar-refractivity contribution in [2.75, 3.05) is 13.2 Å². The van der Waals surface area contributed by atoms with Crippen LogP contribution in [-0.4, -0.2) is 23.4 Å². The summed E-state index contributed by atoms with van der Waals surface area (Å²) in [5.41, 5.74) is 0. The molecule has 0 bridgehead atoms. The second-order valence-electron chi connectivity index (χ2n) is 2.98. The summed E-state index contributed by atoms with van der Waals surface area (Å²) in [5.74, 6) is 0. The fourth-order valence-corrected chi connectivity index (χ4v) is 1.13. The van der Waals surface area contributed by atoms with Crippen LogP contribution in [-0.2, 0) is 0 Å². The third kappa shape index (κ3) is 14.7. The van der Waals surface area contributed by atoms with Crippen LogP contribution in [0.1, 0.15) is 41.5 Å². The SMILES string of the molecule is CC.CC.CCO.CCO.c1ccc2ccccc2c1. The first-order valence-corrected chi connectivity index (χ1v) is 7.45. The van der Waals surface area contributed by atoms with Gasteiger partial charge in [0, 0.05) is 13.2 Å². The topological polar surface area (TPSA) is 40.5 Å². The van der Waals surface area contributed by atoms with Crippen molar-refractivity contribution in [2.45, 2.75) is 41.5 Å². The summed E-state index contributed by atoms with van der Waals surface area (Å²) >= 11 is 0. The predicted molar refractivity (Wildman–Crippen MR) is 92.2 cm³/mol. The molecule has 0 atom stereocenters. The van der Waals surface area contributed by atoms with Crippen LogP contribution in [0.3, 0.4) is 0 Å². The average molecular weight is 280 g/mol. The molecule has 0 aliphatic carbocycles. The van der Waals surface area contributed by atoms with E-state index >= 15 is 0 Å². The molecule has 0 aromatic heterocycles. The molecule has 2 heteroatoms. The van der Waals surface area contributed by atoms with Crippen molar-refractivity contribution in [1.82, 2.24) is 0 Å². The van der Waals surface area contributed by atoms with Crippen LogP contribution in [0.15, 0.2) is 48.5 Å². The molecule has 116 valence electrons. The Balaban J connectivity index is -0.000000246. The minimum Gasteiger partial charge on any atom is -0.397 e. The zero-order valence-electron chi connectivity index (χ0n) is 13.9. The Morgan fingerprint density at radius 2 is 0.750 bits per heavy atom. The second-order valence-corrected chi connectivity index (χ2v) is 2.98. The molecule has 2 nitrogen and oxygen atoms in total. The smallest absolute Gasteiger partial charge is 0.0402 e. The Bertz CT molecular complexity index is 305. The molecule has 20 heavy (non-hydrogen) atoms. The average Bonchev–Trinajstić information content (AvgIpc) is 2.53. The van der Waals surface area contributed by atoms with Gasteiger partial charge < -0.3 is 10.2 Å². The molecule has 0 spiro atoms. The normalized spacial score (nSPS) is 7.40. The number of rotatable bonds is 0. The molecule has 0 saturated heterocycles. The molecule has 2 aromatic carbocycles. The van der Waals surface area contributed by atoms with Gasteiger partial charge in [-0.15, -0.1) is 0 Å². The van der Waals surface area contributed by atoms with E-state index in [2.05, 4.69) is 48.5 Å². The molecule has 0 radical (unpaired) electrons. The van der Waals surface area contributed by atoms with Crippen LogP contribution < -0.4 is 0 Å². The number of hydrogen-bond acceptors (Lipinski definition) is 2. The van der Waals surface area contributed by atoms with Gasteiger partial charge >= 0.3 is 0 Å². The molecule has 0 aliphatic rings. The minimum absolute atomic E-state index is 0.250. The lowest BCUT2D eigenvalue weighted by atomic mass is 10.1. The molecule has 0 unspecified atom stereocenters. The zero-order chi connectivity index (χ0) is 16.2. The van der Waals surface area contributed by atoms with Crippen molar-refractivity contribution >= 4 is 10.8 Å². The number of fused-ring (bicyclic) bond motifs is 1. The molecular formula is C18H32O2. The van der Waals surface area contributed by atoms with Crippen LogP contribution in [0.25, 0.3) is 10.8 Å². The van der Waals surface area contributed by atoms with Crippen molar-refractivity contribution in [3.05, 3.63) is 48.5 Å². The van der Waals surface area contributed by atoms with Crippen molar-refractivity contribution in [3.8, 4) is 0 Å². The van der Waals surface area contributed by atoms with E-state index in [1.54, 1.807) is 13.8 Å². The monoisotopic (exact) mass is 280 g/mol. The first kappa shape index (κ1) is 23.7. The van der Waals surface area contributed by atoms with E-state index in [1.807, 2.05) is 27.7 Å². The summed E-state index contributed by atoms with van der Waals surface area (Å²) in [6.45, 7) is 11.9. The summed E-state index contributed by atoms with van der Waals surface area (Å²) in [4.78, 5) is 0. The maximum Gasteiger partial charge on any atom is 0.0402 e. The van der Waals surface area contributed by atoms with Gasteiger partial charge in [0.2, 0.25) is 0 Å². The van der Waals surface area contributed by atoms with E-state index in [1.165, 1.54) is 10.8 Å². The molecule has 2 N–H and O–H groups in total. The predicted octanol–water partition coefficient (Wildman–Crippen LogP) is 4.89. The lowest BCUT2D eigenvalue weighted by molar-refractivity contribution is 0.318. The first-order chi connectivity index (χ1) is 9.79. The van der Waals surface area contributed by atoms with Gasteiger partial charge in [0.15, 0.2) is 0 Å². The van der Waals surface area contributed by atoms with Gasteiger partial charge in [-0.2, -0.15) is 0 Å². The van der Waals surface area contributed by atoms with Crippen molar-refractivity contribution in [1.29, 1.82) is 0 Å². The first-order valence-electron chi connectivity index (χ1n) is 7.45. The maximum atomic E-state index is 7.57. The van der Waals surface area contributed by atoms with Crippen LogP contribution in [0.5, 0.6) is 0 Å². The van der Waals surface area contributed by atoms with Gasteiger partial charge in [-0.05, 0) is 24.6 Å². The third-order valence-electron chi connectivity index (χ3n) is 1.66. The molecule has 0 amide bonds. The second kappa shape index (κ2) is 22.8. The quantitative estimate of drug-likeness (QED) is 0.721. The molecule has 2 aromatic rings. The maximum absolute atomic E-state index is 7.57. The molecule has 0 heterocycles. The molecule has 0 aliphatic heterocycles. The van der Waals surface area contributed by atoms with Crippen LogP contribution in [0, 0.1) is 0 Å². The van der Waals surface area contributed by atoms with Crippen molar-refractivity contribution < 1.29 is 10.2 Å². The van der Waals surface area contributed by atoms with Crippen molar-refractivity contribution in [2.24, 2.45) is 0 Å². The lowest BCUT2D eigenvalue weighted by Gasteiger charge is -1.92. The number of aliphatic hydroxyl groups is 2. The van der Waals surface area contributed by atoms with E-state index < -0.39 is 0 Å². The Morgan fingerprint density at radius 1 is 0.600 bits per heavy atom. The lowest BCUT2D eigenvalue weighted by Crippen LogP contribution is -1.67. The Hall–Kier alpha value is -1.38. The van der Waals surface area contributed by atoms with Gasteiger partial charge in [-0.1, -0.05) is 76.2 Å². The molecule has 2 rings (SSSR count). The van der Waals surface area contributed by atoms with Crippen LogP contribution in [0.4, 0.5) is 0 Å². The highest BCUT2D eigenvalue weighted by Crippen LogP contribution is 2.11. The Labute approximate surface area is 125 Å². The summed E-state index contributed by atoms with van der Waals surface area (Å²) in [6, 6.07) is 16.7. The van der Waals surface area contributed by atoms with Gasteiger partial charge in [-0.25, -0.2) is 0 Å². The fourth-order valence-electron chi connectivity index (χ4n) is 1.13. The standard InChI is InChI=1S/C10H8.2C2H6O.2C2H6/c1-2-6-10-8-4-3-7-9(10)5-1;2*1-2-3;2*1-2/h1-8H;2*3H,2H2,1H3;2*1-2H3. The summed E-state index contributed by atoms with van der Waals surface area (Å²) in [6.07, 6.45) is 0. The molecule has 0 saturated carbocycles. The Morgan fingerprint density at radius 3 is 0.900 bits per heavy atom. The Kier molecular flexibility index (Phi) is 27.0. The highest BCUT2D eigenvalue weighted by atomic mass is 16.3. The van der Waals surface area contributed by atoms with E-state index in [4.69, 9.17) is 10.2 Å². The molecular weight excluding hydrogens is 248 g/mol. The van der Waals surface area contributed by atoms with Crippen LogP contribution in [0.2, 0.25) is 0 Å². The third-order valence-corrected chi connectivity index (χ3v) is 1.66. The van der Waals surface area contributed by atoms with Crippen LogP contribution >= 0.6 is 0 Å². The highest BCUT2D eigenvalue weighted by Gasteiger charge is 1.85. The van der Waals surface area contributed by atoms with Gasteiger partial charge in [0.1, 0.15) is 0 Å². The highest BCUT2D eigenvalue weighted by molar-refractivity contribution is 5.81. The molecule has 0 fully saturated rings. The summed E-state index contributed by atoms with van der Waals surface area (Å²) in [7, 11) is 0. The zero-order valence-corrected chi connectivity index (χ0v) is 13.9.